The number of hydrazine groups is 1. The predicted molar refractivity (Wildman–Crippen MR) is 56.7 cm³/mol. The third kappa shape index (κ3) is 2.33. The first-order chi connectivity index (χ1) is 7.01. The summed E-state index contributed by atoms with van der Waals surface area (Å²) in [6.45, 7) is 3.60. The monoisotopic (exact) mass is 203 g/mol. The summed E-state index contributed by atoms with van der Waals surface area (Å²) in [5.74, 6) is 4.68. The van der Waals surface area contributed by atoms with E-state index in [1.807, 2.05) is 6.07 Å². The largest absolute Gasteiger partial charge is 0.290 e. The van der Waals surface area contributed by atoms with Gasteiger partial charge in [-0.25, -0.2) is 5.84 Å². The van der Waals surface area contributed by atoms with Gasteiger partial charge in [-0.2, -0.15) is 5.26 Å². The number of benzene rings is 1. The minimum Gasteiger partial charge on any atom is -0.290 e. The van der Waals surface area contributed by atoms with E-state index in [-0.39, 0.29) is 5.91 Å². The fourth-order valence-corrected chi connectivity index (χ4v) is 1.20. The predicted octanol–water partition coefficient (Wildman–Crippen LogP) is 1.09. The molecule has 15 heavy (non-hydrogen) atoms. The van der Waals surface area contributed by atoms with Crippen molar-refractivity contribution in [2.75, 3.05) is 0 Å². The number of nitrogen functional groups attached to an aromatic ring is 1. The zero-order chi connectivity index (χ0) is 11.5. The van der Waals surface area contributed by atoms with Gasteiger partial charge in [0.25, 0.3) is 5.91 Å². The summed E-state index contributed by atoms with van der Waals surface area (Å²) < 4.78 is 0. The molecule has 1 aromatic carbocycles. The highest BCUT2D eigenvalue weighted by molar-refractivity contribution is 5.93. The average molecular weight is 203 g/mol. The van der Waals surface area contributed by atoms with E-state index in [4.69, 9.17) is 11.1 Å². The van der Waals surface area contributed by atoms with Crippen molar-refractivity contribution in [3.8, 4) is 6.07 Å². The number of hydrogen-bond acceptors (Lipinski definition) is 3. The molecule has 0 saturated carbocycles. The minimum atomic E-state index is -0.606. The molecular weight excluding hydrogens is 190 g/mol. The number of carbonyl (C=O) groups excluding carboxylic acids is 1. The Morgan fingerprint density at radius 2 is 2.20 bits per heavy atom. The Morgan fingerprint density at radius 1 is 1.53 bits per heavy atom. The number of nitrogens with one attached hydrogen (secondary N) is 1. The van der Waals surface area contributed by atoms with E-state index in [1.165, 1.54) is 0 Å². The van der Waals surface area contributed by atoms with Gasteiger partial charge < -0.3 is 0 Å². The van der Waals surface area contributed by atoms with Gasteiger partial charge in [0.2, 0.25) is 0 Å². The highest BCUT2D eigenvalue weighted by atomic mass is 16.2. The number of amides is 1. The van der Waals surface area contributed by atoms with E-state index in [9.17, 15) is 4.79 Å². The fourth-order valence-electron chi connectivity index (χ4n) is 1.20. The third-order valence-corrected chi connectivity index (χ3v) is 2.26. The van der Waals surface area contributed by atoms with Crippen LogP contribution < -0.4 is 11.3 Å². The van der Waals surface area contributed by atoms with Gasteiger partial charge in [0.15, 0.2) is 0 Å². The van der Waals surface area contributed by atoms with Crippen molar-refractivity contribution >= 4 is 5.91 Å². The molecule has 0 aromatic heterocycles. The topological polar surface area (TPSA) is 78.9 Å². The molecule has 78 valence electrons. The van der Waals surface area contributed by atoms with Crippen LogP contribution in [-0.4, -0.2) is 5.91 Å². The smallest absolute Gasteiger partial charge is 0.265 e. The lowest BCUT2D eigenvalue weighted by atomic mass is 9.85. The number of hydrogen-bond donors (Lipinski definition) is 2. The Hall–Kier alpha value is -1.86. The maximum absolute atomic E-state index is 11.3. The molecule has 3 N–H and O–H groups in total. The van der Waals surface area contributed by atoms with Crippen molar-refractivity contribution in [3.05, 3.63) is 35.4 Å². The molecule has 4 nitrogen and oxygen atoms in total. The van der Waals surface area contributed by atoms with Crippen LogP contribution in [0.3, 0.4) is 0 Å². The van der Waals surface area contributed by atoms with Crippen LogP contribution in [0.4, 0.5) is 0 Å². The van der Waals surface area contributed by atoms with Crippen LogP contribution in [0.2, 0.25) is 0 Å². The van der Waals surface area contributed by atoms with E-state index in [0.717, 1.165) is 5.56 Å². The van der Waals surface area contributed by atoms with Crippen LogP contribution in [0, 0.1) is 11.3 Å². The number of nitrogens with two attached hydrogens (primary N) is 1. The molecule has 0 spiro atoms. The second-order valence-corrected chi connectivity index (χ2v) is 3.79. The van der Waals surface area contributed by atoms with Crippen LogP contribution in [0.5, 0.6) is 0 Å². The highest BCUT2D eigenvalue weighted by Crippen LogP contribution is 2.22. The Bertz CT molecular complexity index is 418. The molecule has 0 aliphatic heterocycles. The summed E-state index contributed by atoms with van der Waals surface area (Å²) >= 11 is 0. The normalized spacial score (nSPS) is 10.5. The van der Waals surface area contributed by atoms with Crippen LogP contribution in [-0.2, 0) is 5.41 Å². The number of rotatable bonds is 2. The lowest BCUT2D eigenvalue weighted by Gasteiger charge is -2.16. The Morgan fingerprint density at radius 3 is 2.73 bits per heavy atom. The summed E-state index contributed by atoms with van der Waals surface area (Å²) in [6, 6.07) is 9.05. The fraction of sp³-hybridized carbons (Fsp3) is 0.273. The first kappa shape index (κ1) is 11.2. The van der Waals surface area contributed by atoms with Crippen molar-refractivity contribution < 1.29 is 4.79 Å². The molecule has 0 aliphatic carbocycles. The van der Waals surface area contributed by atoms with Crippen molar-refractivity contribution in [2.45, 2.75) is 19.3 Å². The molecule has 0 fully saturated rings. The lowest BCUT2D eigenvalue weighted by molar-refractivity contribution is 0.0953. The quantitative estimate of drug-likeness (QED) is 0.429. The van der Waals surface area contributed by atoms with Crippen LogP contribution in [0.25, 0.3) is 0 Å². The van der Waals surface area contributed by atoms with Gasteiger partial charge in [-0.15, -0.1) is 0 Å². The van der Waals surface area contributed by atoms with E-state index in [2.05, 4.69) is 11.5 Å². The maximum atomic E-state index is 11.3. The molecule has 0 bridgehead atoms. The summed E-state index contributed by atoms with van der Waals surface area (Å²) in [4.78, 5) is 11.3. The first-order valence-electron chi connectivity index (χ1n) is 4.54. The Labute approximate surface area is 88.7 Å². The second-order valence-electron chi connectivity index (χ2n) is 3.79. The third-order valence-electron chi connectivity index (χ3n) is 2.26. The van der Waals surface area contributed by atoms with Gasteiger partial charge in [-0.3, -0.25) is 10.2 Å². The Kier molecular flexibility index (Phi) is 3.08. The number of carbonyl (C=O) groups is 1. The first-order valence-corrected chi connectivity index (χ1v) is 4.54. The van der Waals surface area contributed by atoms with Gasteiger partial charge in [0.1, 0.15) is 0 Å². The zero-order valence-corrected chi connectivity index (χ0v) is 8.74. The van der Waals surface area contributed by atoms with Crippen LogP contribution in [0.1, 0.15) is 29.8 Å². The van der Waals surface area contributed by atoms with E-state index in [0.29, 0.717) is 5.56 Å². The molecular formula is C11H13N3O. The Balaban J connectivity index is 3.15. The summed E-state index contributed by atoms with van der Waals surface area (Å²) in [5, 5.41) is 8.96. The van der Waals surface area contributed by atoms with Gasteiger partial charge in [0, 0.05) is 5.56 Å². The van der Waals surface area contributed by atoms with Gasteiger partial charge >= 0.3 is 0 Å². The maximum Gasteiger partial charge on any atom is 0.265 e. The van der Waals surface area contributed by atoms with E-state index < -0.39 is 5.41 Å². The molecule has 0 radical (unpaired) electrons. The molecule has 0 aliphatic rings. The van der Waals surface area contributed by atoms with Crippen molar-refractivity contribution in [2.24, 2.45) is 5.84 Å². The average Bonchev–Trinajstić information content (AvgIpc) is 2.28. The molecule has 0 atom stereocenters. The molecule has 0 saturated heterocycles. The van der Waals surface area contributed by atoms with E-state index >= 15 is 0 Å². The SMILES string of the molecule is CC(C)(C#N)c1cccc(C(=O)NN)c1. The minimum absolute atomic E-state index is 0.356. The number of nitriles is 1. The molecule has 0 unspecified atom stereocenters. The highest BCUT2D eigenvalue weighted by Gasteiger charge is 2.20. The van der Waals surface area contributed by atoms with Crippen LogP contribution in [0.15, 0.2) is 24.3 Å². The van der Waals surface area contributed by atoms with Gasteiger partial charge in [-0.05, 0) is 31.5 Å². The van der Waals surface area contributed by atoms with E-state index in [1.54, 1.807) is 32.0 Å². The van der Waals surface area contributed by atoms with Crippen molar-refractivity contribution in [1.29, 1.82) is 5.26 Å². The molecule has 0 heterocycles. The molecule has 1 amide bonds. The summed E-state index contributed by atoms with van der Waals surface area (Å²) in [5.41, 5.74) is 2.70. The molecule has 1 aromatic rings. The van der Waals surface area contributed by atoms with Crippen molar-refractivity contribution in [1.82, 2.24) is 5.43 Å². The zero-order valence-electron chi connectivity index (χ0n) is 8.74. The van der Waals surface area contributed by atoms with Crippen LogP contribution >= 0.6 is 0 Å². The number of nitrogens with zero attached hydrogens (tertiary/aromatic N) is 1. The summed E-state index contributed by atoms with van der Waals surface area (Å²) in [6.07, 6.45) is 0. The van der Waals surface area contributed by atoms with Gasteiger partial charge in [0.05, 0.1) is 11.5 Å². The second kappa shape index (κ2) is 4.11. The lowest BCUT2D eigenvalue weighted by Crippen LogP contribution is -2.30. The van der Waals surface area contributed by atoms with Crippen molar-refractivity contribution in [3.63, 3.8) is 0 Å². The standard InChI is InChI=1S/C11H13N3O/c1-11(2,7-12)9-5-3-4-8(6-9)10(15)14-13/h3-6H,13H2,1-2H3,(H,14,15). The van der Waals surface area contributed by atoms with Gasteiger partial charge in [-0.1, -0.05) is 12.1 Å². The summed E-state index contributed by atoms with van der Waals surface area (Å²) in [7, 11) is 0. The molecule has 4 heteroatoms. The molecule has 1 rings (SSSR count).